The highest BCUT2D eigenvalue weighted by Crippen LogP contribution is 2.23. The minimum atomic E-state index is 0.199. The maximum absolute atomic E-state index is 5.63. The smallest absolute Gasteiger partial charge is 0.119 e. The van der Waals surface area contributed by atoms with Crippen LogP contribution in [0.2, 0.25) is 0 Å². The second-order valence-electron chi connectivity index (χ2n) is 5.10. The Kier molecular flexibility index (Phi) is 3.33. The van der Waals surface area contributed by atoms with Crippen molar-refractivity contribution in [2.24, 2.45) is 0 Å². The molecule has 0 saturated heterocycles. The van der Waals surface area contributed by atoms with Crippen LogP contribution in [0.5, 0.6) is 5.75 Å². The van der Waals surface area contributed by atoms with Gasteiger partial charge in [0.1, 0.15) is 5.75 Å². The van der Waals surface area contributed by atoms with Gasteiger partial charge < -0.3 is 15.0 Å². The Labute approximate surface area is 118 Å². The van der Waals surface area contributed by atoms with Gasteiger partial charge in [-0.05, 0) is 62.4 Å². The Balaban J connectivity index is 1.76. The Morgan fingerprint density at radius 1 is 0.950 bits per heavy atom. The van der Waals surface area contributed by atoms with Crippen molar-refractivity contribution >= 4 is 22.3 Å². The van der Waals surface area contributed by atoms with Gasteiger partial charge in [0.15, 0.2) is 0 Å². The molecule has 0 aliphatic carbocycles. The minimum Gasteiger partial charge on any atom is -0.491 e. The molecule has 0 unspecified atom stereocenters. The van der Waals surface area contributed by atoms with E-state index >= 15 is 0 Å². The molecule has 20 heavy (non-hydrogen) atoms. The zero-order valence-corrected chi connectivity index (χ0v) is 11.7. The van der Waals surface area contributed by atoms with Gasteiger partial charge in [-0.25, -0.2) is 0 Å². The summed E-state index contributed by atoms with van der Waals surface area (Å²) >= 11 is 0. The molecule has 1 heterocycles. The maximum atomic E-state index is 5.63. The largest absolute Gasteiger partial charge is 0.491 e. The number of benzene rings is 2. The molecule has 0 aliphatic heterocycles. The van der Waals surface area contributed by atoms with E-state index in [4.69, 9.17) is 4.74 Å². The second-order valence-corrected chi connectivity index (χ2v) is 5.10. The van der Waals surface area contributed by atoms with Crippen molar-refractivity contribution in [2.45, 2.75) is 20.0 Å². The molecule has 0 radical (unpaired) electrons. The maximum Gasteiger partial charge on any atom is 0.119 e. The molecule has 3 rings (SSSR count). The van der Waals surface area contributed by atoms with Crippen LogP contribution in [0, 0.1) is 0 Å². The number of rotatable bonds is 4. The molecule has 0 amide bonds. The van der Waals surface area contributed by atoms with E-state index < -0.39 is 0 Å². The fraction of sp³-hybridized carbons (Fsp3) is 0.176. The molecule has 3 heteroatoms. The first kappa shape index (κ1) is 12.6. The third-order valence-electron chi connectivity index (χ3n) is 3.07. The number of H-pyrrole nitrogens is 1. The number of fused-ring (bicyclic) bond motifs is 1. The van der Waals surface area contributed by atoms with Gasteiger partial charge in [-0.3, -0.25) is 0 Å². The van der Waals surface area contributed by atoms with Crippen LogP contribution in [0.4, 0.5) is 11.4 Å². The average molecular weight is 266 g/mol. The van der Waals surface area contributed by atoms with E-state index in [2.05, 4.69) is 34.6 Å². The van der Waals surface area contributed by atoms with E-state index in [0.717, 1.165) is 22.6 Å². The summed E-state index contributed by atoms with van der Waals surface area (Å²) < 4.78 is 5.63. The van der Waals surface area contributed by atoms with E-state index in [1.54, 1.807) is 0 Å². The first-order valence-electron chi connectivity index (χ1n) is 6.81. The zero-order valence-electron chi connectivity index (χ0n) is 11.7. The molecule has 102 valence electrons. The highest BCUT2D eigenvalue weighted by Gasteiger charge is 2.00. The summed E-state index contributed by atoms with van der Waals surface area (Å²) in [7, 11) is 0. The Bertz CT molecular complexity index is 698. The fourth-order valence-electron chi connectivity index (χ4n) is 2.19. The zero-order chi connectivity index (χ0) is 13.9. The van der Waals surface area contributed by atoms with Crippen LogP contribution in [0.25, 0.3) is 10.9 Å². The second kappa shape index (κ2) is 5.29. The number of ether oxygens (including phenoxy) is 1. The van der Waals surface area contributed by atoms with Gasteiger partial charge in [0.25, 0.3) is 0 Å². The van der Waals surface area contributed by atoms with Crippen LogP contribution >= 0.6 is 0 Å². The fourth-order valence-corrected chi connectivity index (χ4v) is 2.19. The van der Waals surface area contributed by atoms with Crippen LogP contribution in [-0.2, 0) is 0 Å². The van der Waals surface area contributed by atoms with Crippen LogP contribution < -0.4 is 10.1 Å². The Morgan fingerprint density at radius 2 is 1.70 bits per heavy atom. The molecule has 0 bridgehead atoms. The van der Waals surface area contributed by atoms with E-state index in [9.17, 15) is 0 Å². The lowest BCUT2D eigenvalue weighted by atomic mass is 10.2. The molecule has 3 nitrogen and oxygen atoms in total. The molecule has 0 atom stereocenters. The topological polar surface area (TPSA) is 37.0 Å². The molecule has 0 saturated carbocycles. The summed E-state index contributed by atoms with van der Waals surface area (Å²) in [5.74, 6) is 0.895. The molecule has 0 fully saturated rings. The minimum absolute atomic E-state index is 0.199. The van der Waals surface area contributed by atoms with E-state index in [1.165, 1.54) is 5.39 Å². The van der Waals surface area contributed by atoms with Crippen molar-refractivity contribution in [1.29, 1.82) is 0 Å². The Hall–Kier alpha value is -2.42. The summed E-state index contributed by atoms with van der Waals surface area (Å²) in [4.78, 5) is 3.19. The van der Waals surface area contributed by atoms with E-state index in [1.807, 2.05) is 44.3 Å². The van der Waals surface area contributed by atoms with Crippen LogP contribution in [0.15, 0.2) is 54.7 Å². The predicted octanol–water partition coefficient (Wildman–Crippen LogP) is 4.70. The van der Waals surface area contributed by atoms with Crippen molar-refractivity contribution in [3.8, 4) is 5.75 Å². The molecule has 2 N–H and O–H groups in total. The van der Waals surface area contributed by atoms with Gasteiger partial charge in [-0.2, -0.15) is 0 Å². The van der Waals surface area contributed by atoms with Gasteiger partial charge in [-0.15, -0.1) is 0 Å². The molecule has 3 aromatic rings. The lowest BCUT2D eigenvalue weighted by Gasteiger charge is -2.11. The normalized spacial score (nSPS) is 10.9. The van der Waals surface area contributed by atoms with Crippen molar-refractivity contribution in [1.82, 2.24) is 4.98 Å². The third-order valence-corrected chi connectivity index (χ3v) is 3.07. The first-order chi connectivity index (χ1) is 9.70. The highest BCUT2D eigenvalue weighted by atomic mass is 16.5. The standard InChI is InChI=1S/C17H18N2O/c1-12(2)20-16-6-3-14(4-7-16)19-15-5-8-17-13(11-15)9-10-18-17/h3-12,18-19H,1-2H3. The van der Waals surface area contributed by atoms with Crippen molar-refractivity contribution < 1.29 is 4.74 Å². The van der Waals surface area contributed by atoms with Crippen molar-refractivity contribution in [3.05, 3.63) is 54.7 Å². The summed E-state index contributed by atoms with van der Waals surface area (Å²) in [6.45, 7) is 4.05. The lowest BCUT2D eigenvalue weighted by Crippen LogP contribution is -2.05. The number of hydrogen-bond acceptors (Lipinski definition) is 2. The van der Waals surface area contributed by atoms with Gasteiger partial charge in [0, 0.05) is 28.5 Å². The third kappa shape index (κ3) is 2.77. The first-order valence-corrected chi connectivity index (χ1v) is 6.81. The highest BCUT2D eigenvalue weighted by molar-refractivity contribution is 5.84. The molecule has 0 aliphatic rings. The van der Waals surface area contributed by atoms with Gasteiger partial charge >= 0.3 is 0 Å². The van der Waals surface area contributed by atoms with Crippen molar-refractivity contribution in [2.75, 3.05) is 5.32 Å². The van der Waals surface area contributed by atoms with Crippen LogP contribution in [0.1, 0.15) is 13.8 Å². The number of anilines is 2. The average Bonchev–Trinajstić information content (AvgIpc) is 2.88. The number of hydrogen-bond donors (Lipinski definition) is 2. The summed E-state index contributed by atoms with van der Waals surface area (Å²) in [6, 6.07) is 16.4. The lowest BCUT2D eigenvalue weighted by molar-refractivity contribution is 0.242. The van der Waals surface area contributed by atoms with Crippen LogP contribution in [0.3, 0.4) is 0 Å². The summed E-state index contributed by atoms with van der Waals surface area (Å²) in [5, 5.41) is 4.60. The molecule has 0 spiro atoms. The SMILES string of the molecule is CC(C)Oc1ccc(Nc2ccc3[nH]ccc3c2)cc1. The predicted molar refractivity (Wildman–Crippen MR) is 83.8 cm³/mol. The number of nitrogens with one attached hydrogen (secondary N) is 2. The molecule has 2 aromatic carbocycles. The van der Waals surface area contributed by atoms with Crippen LogP contribution in [-0.4, -0.2) is 11.1 Å². The van der Waals surface area contributed by atoms with E-state index in [-0.39, 0.29) is 6.10 Å². The molecular formula is C17H18N2O. The number of aromatic amines is 1. The van der Waals surface area contributed by atoms with E-state index in [0.29, 0.717) is 0 Å². The molecule has 1 aromatic heterocycles. The van der Waals surface area contributed by atoms with Gasteiger partial charge in [0.2, 0.25) is 0 Å². The quantitative estimate of drug-likeness (QED) is 0.718. The molecular weight excluding hydrogens is 248 g/mol. The number of aromatic nitrogens is 1. The summed E-state index contributed by atoms with van der Waals surface area (Å²) in [5.41, 5.74) is 3.28. The van der Waals surface area contributed by atoms with Crippen molar-refractivity contribution in [3.63, 3.8) is 0 Å². The monoisotopic (exact) mass is 266 g/mol. The summed E-state index contributed by atoms with van der Waals surface area (Å²) in [6.07, 6.45) is 2.15. The Morgan fingerprint density at radius 3 is 2.45 bits per heavy atom. The van der Waals surface area contributed by atoms with Gasteiger partial charge in [-0.1, -0.05) is 0 Å². The van der Waals surface area contributed by atoms with Gasteiger partial charge in [0.05, 0.1) is 6.10 Å².